The summed E-state index contributed by atoms with van der Waals surface area (Å²) in [6.07, 6.45) is 1.30. The molecule has 0 aliphatic rings. The second kappa shape index (κ2) is 12.4. The van der Waals surface area contributed by atoms with Crippen molar-refractivity contribution in [2.75, 3.05) is 24.2 Å². The van der Waals surface area contributed by atoms with E-state index in [0.717, 1.165) is 26.2 Å². The standard InChI is InChI=1S/C26H27BrClN3O4S/c1-29-26(33)24(16-19-7-4-3-5-8-19)30(17-20-9-6-10-21(27)15-20)25(32)18-31(36(2,34)35)23-13-11-22(28)12-14-23/h3-15,24H,16-18H2,1-2H3,(H,29,33). The number of nitrogens with one attached hydrogen (secondary N) is 1. The van der Waals surface area contributed by atoms with Crippen molar-refractivity contribution in [1.29, 1.82) is 0 Å². The molecule has 7 nitrogen and oxygen atoms in total. The Hall–Kier alpha value is -2.88. The summed E-state index contributed by atoms with van der Waals surface area (Å²) in [5.74, 6) is -0.862. The molecule has 190 valence electrons. The molecular formula is C26H27BrClN3O4S. The molecule has 0 aromatic heterocycles. The normalized spacial score (nSPS) is 12.0. The lowest BCUT2D eigenvalue weighted by molar-refractivity contribution is -0.139. The van der Waals surface area contributed by atoms with E-state index in [2.05, 4.69) is 21.2 Å². The van der Waals surface area contributed by atoms with Crippen molar-refractivity contribution in [3.63, 3.8) is 0 Å². The molecule has 1 atom stereocenters. The van der Waals surface area contributed by atoms with Gasteiger partial charge in [0, 0.05) is 29.5 Å². The van der Waals surface area contributed by atoms with Crippen LogP contribution < -0.4 is 9.62 Å². The fourth-order valence-electron chi connectivity index (χ4n) is 3.77. The van der Waals surface area contributed by atoms with Crippen molar-refractivity contribution in [1.82, 2.24) is 10.2 Å². The molecule has 36 heavy (non-hydrogen) atoms. The molecule has 0 aliphatic carbocycles. The molecule has 3 aromatic carbocycles. The minimum absolute atomic E-state index is 0.113. The van der Waals surface area contributed by atoms with Gasteiger partial charge in [-0.05, 0) is 47.5 Å². The highest BCUT2D eigenvalue weighted by atomic mass is 79.9. The number of carbonyl (C=O) groups is 2. The first-order chi connectivity index (χ1) is 17.1. The highest BCUT2D eigenvalue weighted by molar-refractivity contribution is 9.10. The molecule has 0 saturated carbocycles. The van der Waals surface area contributed by atoms with Crippen LogP contribution in [0.4, 0.5) is 5.69 Å². The Morgan fingerprint density at radius 1 is 0.972 bits per heavy atom. The number of hydrogen-bond donors (Lipinski definition) is 1. The number of sulfonamides is 1. The summed E-state index contributed by atoms with van der Waals surface area (Å²) in [6.45, 7) is -0.363. The lowest BCUT2D eigenvalue weighted by Gasteiger charge is -2.33. The number of likely N-dealkylation sites (N-methyl/N-ethyl adjacent to an activating group) is 1. The first kappa shape index (κ1) is 27.7. The molecule has 0 spiro atoms. The van der Waals surface area contributed by atoms with Gasteiger partial charge in [-0.15, -0.1) is 0 Å². The maximum atomic E-state index is 13.8. The minimum atomic E-state index is -3.81. The van der Waals surface area contributed by atoms with E-state index in [1.807, 2.05) is 54.6 Å². The summed E-state index contributed by atoms with van der Waals surface area (Å²) >= 11 is 9.41. The number of amides is 2. The van der Waals surface area contributed by atoms with Crippen LogP contribution in [0.3, 0.4) is 0 Å². The number of anilines is 1. The predicted molar refractivity (Wildman–Crippen MR) is 146 cm³/mol. The molecular weight excluding hydrogens is 566 g/mol. The van der Waals surface area contributed by atoms with Gasteiger partial charge < -0.3 is 10.2 Å². The van der Waals surface area contributed by atoms with Crippen LogP contribution in [0, 0.1) is 0 Å². The van der Waals surface area contributed by atoms with E-state index >= 15 is 0 Å². The number of rotatable bonds is 10. The first-order valence-corrected chi connectivity index (χ1v) is 14.1. The topological polar surface area (TPSA) is 86.8 Å². The highest BCUT2D eigenvalue weighted by Crippen LogP contribution is 2.22. The zero-order valence-electron chi connectivity index (χ0n) is 19.9. The van der Waals surface area contributed by atoms with Gasteiger partial charge in [0.25, 0.3) is 0 Å². The predicted octanol–water partition coefficient (Wildman–Crippen LogP) is 4.25. The fraction of sp³-hybridized carbons (Fsp3) is 0.231. The molecule has 3 aromatic rings. The van der Waals surface area contributed by atoms with Gasteiger partial charge in [0.05, 0.1) is 11.9 Å². The monoisotopic (exact) mass is 591 g/mol. The zero-order chi connectivity index (χ0) is 26.3. The Morgan fingerprint density at radius 2 is 1.61 bits per heavy atom. The third-order valence-electron chi connectivity index (χ3n) is 5.55. The molecule has 0 fully saturated rings. The number of halogens is 2. The minimum Gasteiger partial charge on any atom is -0.357 e. The van der Waals surface area contributed by atoms with Gasteiger partial charge in [-0.1, -0.05) is 70.0 Å². The molecule has 1 unspecified atom stereocenters. The second-order valence-corrected chi connectivity index (χ2v) is 11.5. The van der Waals surface area contributed by atoms with Crippen LogP contribution in [-0.4, -0.2) is 51.0 Å². The third kappa shape index (κ3) is 7.56. The lowest BCUT2D eigenvalue weighted by Crippen LogP contribution is -2.52. The van der Waals surface area contributed by atoms with Crippen LogP contribution in [0.5, 0.6) is 0 Å². The van der Waals surface area contributed by atoms with Crippen molar-refractivity contribution in [3.8, 4) is 0 Å². The third-order valence-corrected chi connectivity index (χ3v) is 7.44. The Kier molecular flexibility index (Phi) is 9.53. The first-order valence-electron chi connectivity index (χ1n) is 11.1. The van der Waals surface area contributed by atoms with E-state index in [-0.39, 0.29) is 18.9 Å². The lowest BCUT2D eigenvalue weighted by atomic mass is 10.0. The van der Waals surface area contributed by atoms with Crippen LogP contribution in [0.15, 0.2) is 83.3 Å². The summed E-state index contributed by atoms with van der Waals surface area (Å²) in [5.41, 5.74) is 1.96. The molecule has 0 bridgehead atoms. The molecule has 0 heterocycles. The van der Waals surface area contributed by atoms with Crippen molar-refractivity contribution >= 4 is 55.1 Å². The molecule has 0 radical (unpaired) electrons. The van der Waals surface area contributed by atoms with Gasteiger partial charge in [-0.2, -0.15) is 0 Å². The van der Waals surface area contributed by atoms with Crippen LogP contribution >= 0.6 is 27.5 Å². The van der Waals surface area contributed by atoms with Crippen LogP contribution in [0.2, 0.25) is 5.02 Å². The van der Waals surface area contributed by atoms with Gasteiger partial charge in [0.2, 0.25) is 21.8 Å². The van der Waals surface area contributed by atoms with E-state index in [1.54, 1.807) is 12.1 Å². The van der Waals surface area contributed by atoms with E-state index in [1.165, 1.54) is 24.1 Å². The quantitative estimate of drug-likeness (QED) is 0.381. The molecule has 2 amide bonds. The average molecular weight is 593 g/mol. The highest BCUT2D eigenvalue weighted by Gasteiger charge is 2.32. The van der Waals surface area contributed by atoms with Gasteiger partial charge in [-0.25, -0.2) is 8.42 Å². The molecule has 3 rings (SSSR count). The summed E-state index contributed by atoms with van der Waals surface area (Å²) < 4.78 is 27.2. The number of hydrogen-bond acceptors (Lipinski definition) is 4. The maximum Gasteiger partial charge on any atom is 0.244 e. The van der Waals surface area contributed by atoms with Crippen molar-refractivity contribution in [2.45, 2.75) is 19.0 Å². The fourth-order valence-corrected chi connectivity index (χ4v) is 5.20. The zero-order valence-corrected chi connectivity index (χ0v) is 23.1. The number of benzene rings is 3. The number of carbonyl (C=O) groups excluding carboxylic acids is 2. The van der Waals surface area contributed by atoms with Gasteiger partial charge in [0.15, 0.2) is 0 Å². The molecule has 1 N–H and O–H groups in total. The SMILES string of the molecule is CNC(=O)C(Cc1ccccc1)N(Cc1cccc(Br)c1)C(=O)CN(c1ccc(Cl)cc1)S(C)(=O)=O. The van der Waals surface area contributed by atoms with Crippen molar-refractivity contribution < 1.29 is 18.0 Å². The van der Waals surface area contributed by atoms with Crippen molar-refractivity contribution in [3.05, 3.63) is 99.5 Å². The van der Waals surface area contributed by atoms with E-state index < -0.39 is 28.5 Å². The summed E-state index contributed by atoms with van der Waals surface area (Å²) in [5, 5.41) is 3.09. The summed E-state index contributed by atoms with van der Waals surface area (Å²) in [7, 11) is -2.30. The number of nitrogens with zero attached hydrogens (tertiary/aromatic N) is 2. The maximum absolute atomic E-state index is 13.8. The van der Waals surface area contributed by atoms with Crippen molar-refractivity contribution in [2.24, 2.45) is 0 Å². The van der Waals surface area contributed by atoms with Crippen LogP contribution in [-0.2, 0) is 32.6 Å². The van der Waals surface area contributed by atoms with E-state index in [0.29, 0.717) is 10.7 Å². The second-order valence-electron chi connectivity index (χ2n) is 8.22. The largest absolute Gasteiger partial charge is 0.357 e. The Morgan fingerprint density at radius 3 is 2.19 bits per heavy atom. The average Bonchev–Trinajstić information content (AvgIpc) is 2.84. The molecule has 10 heteroatoms. The summed E-state index contributed by atoms with van der Waals surface area (Å²) in [4.78, 5) is 28.3. The van der Waals surface area contributed by atoms with Gasteiger partial charge in [0.1, 0.15) is 12.6 Å². The summed E-state index contributed by atoms with van der Waals surface area (Å²) in [6, 6.07) is 22.1. The van der Waals surface area contributed by atoms with Gasteiger partial charge >= 0.3 is 0 Å². The Balaban J connectivity index is 2.02. The molecule has 0 saturated heterocycles. The smallest absolute Gasteiger partial charge is 0.244 e. The Labute approximate surface area is 225 Å². The van der Waals surface area contributed by atoms with E-state index in [4.69, 9.17) is 11.6 Å². The van der Waals surface area contributed by atoms with Crippen LogP contribution in [0.1, 0.15) is 11.1 Å². The van der Waals surface area contributed by atoms with Gasteiger partial charge in [-0.3, -0.25) is 13.9 Å². The Bertz CT molecular complexity index is 1300. The van der Waals surface area contributed by atoms with E-state index in [9.17, 15) is 18.0 Å². The van der Waals surface area contributed by atoms with Crippen LogP contribution in [0.25, 0.3) is 0 Å². The molecule has 0 aliphatic heterocycles.